The van der Waals surface area contributed by atoms with Crippen molar-refractivity contribution in [2.75, 3.05) is 6.54 Å². The first-order valence-electron chi connectivity index (χ1n) is 7.01. The molecule has 1 aromatic carbocycles. The summed E-state index contributed by atoms with van der Waals surface area (Å²) in [5.41, 5.74) is 1.05. The van der Waals surface area contributed by atoms with Gasteiger partial charge in [0.25, 0.3) is 5.91 Å². The highest BCUT2D eigenvalue weighted by Crippen LogP contribution is 2.26. The molecule has 0 saturated heterocycles. The van der Waals surface area contributed by atoms with Crippen molar-refractivity contribution in [1.29, 1.82) is 0 Å². The molecule has 22 heavy (non-hydrogen) atoms. The van der Waals surface area contributed by atoms with Crippen LogP contribution in [0.2, 0.25) is 5.02 Å². The van der Waals surface area contributed by atoms with Crippen LogP contribution in [-0.2, 0) is 0 Å². The summed E-state index contributed by atoms with van der Waals surface area (Å²) in [4.78, 5) is 16.5. The van der Waals surface area contributed by atoms with Gasteiger partial charge < -0.3 is 9.73 Å². The topological polar surface area (TPSA) is 72.4 Å². The van der Waals surface area contributed by atoms with Crippen LogP contribution in [-0.4, -0.2) is 27.0 Å². The third kappa shape index (κ3) is 2.46. The van der Waals surface area contributed by atoms with Crippen molar-refractivity contribution in [2.45, 2.75) is 20.3 Å². The summed E-state index contributed by atoms with van der Waals surface area (Å²) in [6.07, 6.45) is 0.855. The van der Waals surface area contributed by atoms with Gasteiger partial charge in [-0.1, -0.05) is 30.7 Å². The largest absolute Gasteiger partial charge is 0.427 e. The monoisotopic (exact) mass is 318 g/mol. The van der Waals surface area contributed by atoms with E-state index in [4.69, 9.17) is 16.0 Å². The Kier molecular flexibility index (Phi) is 3.85. The van der Waals surface area contributed by atoms with E-state index in [-0.39, 0.29) is 11.8 Å². The zero-order chi connectivity index (χ0) is 15.7. The van der Waals surface area contributed by atoms with E-state index < -0.39 is 0 Å². The van der Waals surface area contributed by atoms with Gasteiger partial charge in [0.2, 0.25) is 0 Å². The molecular formula is C15H15ClN4O2. The smallest absolute Gasteiger partial charge is 0.325 e. The SMILES string of the molecule is CCCNC(=O)c1c(C)oc2nc(-c3ccccc3Cl)nn12. The molecule has 0 bridgehead atoms. The Labute approximate surface area is 132 Å². The van der Waals surface area contributed by atoms with Crippen molar-refractivity contribution >= 4 is 23.4 Å². The highest BCUT2D eigenvalue weighted by molar-refractivity contribution is 6.33. The minimum atomic E-state index is -0.228. The molecule has 0 aliphatic rings. The summed E-state index contributed by atoms with van der Waals surface area (Å²) in [6, 6.07) is 7.27. The Morgan fingerprint density at radius 3 is 2.91 bits per heavy atom. The second kappa shape index (κ2) is 5.81. The number of halogens is 1. The molecule has 0 atom stereocenters. The van der Waals surface area contributed by atoms with E-state index in [1.165, 1.54) is 4.52 Å². The van der Waals surface area contributed by atoms with Crippen LogP contribution >= 0.6 is 11.6 Å². The van der Waals surface area contributed by atoms with Crippen LogP contribution in [0.4, 0.5) is 0 Å². The van der Waals surface area contributed by atoms with E-state index in [0.717, 1.165) is 6.42 Å². The third-order valence-electron chi connectivity index (χ3n) is 3.23. The molecule has 3 aromatic rings. The van der Waals surface area contributed by atoms with E-state index in [1.807, 2.05) is 25.1 Å². The van der Waals surface area contributed by atoms with E-state index in [1.54, 1.807) is 13.0 Å². The number of carbonyl (C=O) groups excluding carboxylic acids is 1. The number of nitrogens with zero attached hydrogens (tertiary/aromatic N) is 3. The van der Waals surface area contributed by atoms with Gasteiger partial charge in [0, 0.05) is 12.1 Å². The molecule has 114 valence electrons. The normalized spacial score (nSPS) is 11.0. The molecule has 2 aromatic heterocycles. The van der Waals surface area contributed by atoms with Gasteiger partial charge in [-0.15, -0.1) is 5.10 Å². The molecule has 0 saturated carbocycles. The van der Waals surface area contributed by atoms with Gasteiger partial charge in [-0.05, 0) is 25.5 Å². The number of rotatable bonds is 4. The van der Waals surface area contributed by atoms with Crippen molar-refractivity contribution in [3.05, 3.63) is 40.7 Å². The van der Waals surface area contributed by atoms with Gasteiger partial charge in [-0.25, -0.2) is 0 Å². The number of aromatic nitrogens is 3. The van der Waals surface area contributed by atoms with Gasteiger partial charge in [0.05, 0.1) is 5.02 Å². The summed E-state index contributed by atoms with van der Waals surface area (Å²) in [5.74, 6) is 0.950. The summed E-state index contributed by atoms with van der Waals surface area (Å²) < 4.78 is 6.94. The maximum atomic E-state index is 12.2. The summed E-state index contributed by atoms with van der Waals surface area (Å²) in [6.45, 7) is 4.30. The van der Waals surface area contributed by atoms with E-state index in [9.17, 15) is 4.79 Å². The molecule has 0 aliphatic heterocycles. The fraction of sp³-hybridized carbons (Fsp3) is 0.267. The van der Waals surface area contributed by atoms with Gasteiger partial charge in [-0.2, -0.15) is 9.50 Å². The first-order valence-corrected chi connectivity index (χ1v) is 7.39. The quantitative estimate of drug-likeness (QED) is 0.802. The van der Waals surface area contributed by atoms with Crippen LogP contribution in [0.25, 0.3) is 17.2 Å². The van der Waals surface area contributed by atoms with Gasteiger partial charge in [-0.3, -0.25) is 4.79 Å². The molecule has 0 spiro atoms. The molecule has 0 unspecified atom stereocenters. The lowest BCUT2D eigenvalue weighted by molar-refractivity contribution is 0.0945. The zero-order valence-electron chi connectivity index (χ0n) is 12.3. The highest BCUT2D eigenvalue weighted by Gasteiger charge is 2.22. The van der Waals surface area contributed by atoms with Gasteiger partial charge in [0.1, 0.15) is 5.76 Å². The molecule has 1 N–H and O–H groups in total. The van der Waals surface area contributed by atoms with E-state index in [0.29, 0.717) is 34.4 Å². The molecule has 0 fully saturated rings. The summed E-state index contributed by atoms with van der Waals surface area (Å²) >= 11 is 6.16. The maximum absolute atomic E-state index is 12.2. The van der Waals surface area contributed by atoms with Crippen LogP contribution in [0.15, 0.2) is 28.7 Å². The van der Waals surface area contributed by atoms with Crippen LogP contribution in [0.1, 0.15) is 29.6 Å². The fourth-order valence-corrected chi connectivity index (χ4v) is 2.40. The Morgan fingerprint density at radius 2 is 2.18 bits per heavy atom. The first kappa shape index (κ1) is 14.6. The van der Waals surface area contributed by atoms with E-state index in [2.05, 4.69) is 15.4 Å². The fourth-order valence-electron chi connectivity index (χ4n) is 2.18. The Balaban J connectivity index is 2.06. The summed E-state index contributed by atoms with van der Waals surface area (Å²) in [5, 5.41) is 7.72. The van der Waals surface area contributed by atoms with Crippen LogP contribution in [0, 0.1) is 6.92 Å². The molecule has 7 heteroatoms. The number of oxazole rings is 1. The van der Waals surface area contributed by atoms with E-state index >= 15 is 0 Å². The predicted molar refractivity (Wildman–Crippen MR) is 83.1 cm³/mol. The lowest BCUT2D eigenvalue weighted by atomic mass is 10.2. The molecule has 1 amide bonds. The van der Waals surface area contributed by atoms with Crippen molar-refractivity contribution in [1.82, 2.24) is 19.9 Å². The number of hydrogen-bond acceptors (Lipinski definition) is 4. The first-order chi connectivity index (χ1) is 10.6. The second-order valence-electron chi connectivity index (χ2n) is 4.87. The highest BCUT2D eigenvalue weighted by atomic mass is 35.5. The van der Waals surface area contributed by atoms with Crippen molar-refractivity contribution in [3.8, 4) is 11.4 Å². The number of aryl methyl sites for hydroxylation is 1. The number of benzene rings is 1. The molecule has 3 rings (SSSR count). The Hall–Kier alpha value is -2.34. The molecular weight excluding hydrogens is 304 g/mol. The zero-order valence-corrected chi connectivity index (χ0v) is 13.0. The lowest BCUT2D eigenvalue weighted by Gasteiger charge is -2.01. The second-order valence-corrected chi connectivity index (χ2v) is 5.28. The molecule has 6 nitrogen and oxygen atoms in total. The average molecular weight is 319 g/mol. The van der Waals surface area contributed by atoms with Gasteiger partial charge >= 0.3 is 5.84 Å². The number of amides is 1. The number of nitrogens with one attached hydrogen (secondary N) is 1. The average Bonchev–Trinajstić information content (AvgIpc) is 3.01. The Bertz CT molecular complexity index is 837. The Morgan fingerprint density at radius 1 is 1.41 bits per heavy atom. The standard InChI is InChI=1S/C15H15ClN4O2/c1-3-8-17-14(21)12-9(2)22-15-18-13(19-20(12)15)10-6-4-5-7-11(10)16/h4-7H,3,8H2,1-2H3,(H,17,21). The lowest BCUT2D eigenvalue weighted by Crippen LogP contribution is -2.26. The maximum Gasteiger partial charge on any atom is 0.325 e. The molecule has 0 aliphatic carbocycles. The van der Waals surface area contributed by atoms with Gasteiger partial charge in [0.15, 0.2) is 11.5 Å². The number of carbonyl (C=O) groups is 1. The van der Waals surface area contributed by atoms with Crippen LogP contribution < -0.4 is 5.32 Å². The van der Waals surface area contributed by atoms with Crippen LogP contribution in [0.3, 0.4) is 0 Å². The predicted octanol–water partition coefficient (Wildman–Crippen LogP) is 3.09. The molecule has 0 radical (unpaired) electrons. The number of fused-ring (bicyclic) bond motifs is 1. The minimum absolute atomic E-state index is 0.228. The summed E-state index contributed by atoms with van der Waals surface area (Å²) in [7, 11) is 0. The van der Waals surface area contributed by atoms with Crippen LogP contribution in [0.5, 0.6) is 0 Å². The van der Waals surface area contributed by atoms with Crippen molar-refractivity contribution in [3.63, 3.8) is 0 Å². The number of hydrogen-bond donors (Lipinski definition) is 1. The third-order valence-corrected chi connectivity index (χ3v) is 3.56. The van der Waals surface area contributed by atoms with Crippen molar-refractivity contribution < 1.29 is 9.21 Å². The van der Waals surface area contributed by atoms with Crippen molar-refractivity contribution in [2.24, 2.45) is 0 Å². The molecule has 2 heterocycles. The minimum Gasteiger partial charge on any atom is -0.427 e.